The number of nitrogens with zero attached hydrogens (tertiary/aromatic N) is 1. The van der Waals surface area contributed by atoms with Gasteiger partial charge < -0.3 is 10.6 Å². The van der Waals surface area contributed by atoms with E-state index in [4.69, 9.17) is 5.73 Å². The lowest BCUT2D eigenvalue weighted by molar-refractivity contribution is -0.122. The number of likely N-dealkylation sites (tertiary alicyclic amines) is 1. The number of hydrogen-bond acceptors (Lipinski definition) is 3. The summed E-state index contributed by atoms with van der Waals surface area (Å²) in [6, 6.07) is 0. The molecule has 0 saturated carbocycles. The number of hydrogen-bond donors (Lipinski definition) is 1. The first kappa shape index (κ1) is 9.68. The molecule has 1 rings (SSSR count). The molecule has 70 valence electrons. The molecule has 3 heteroatoms. The Morgan fingerprint density at radius 3 is 2.50 bits per heavy atom. The van der Waals surface area contributed by atoms with Crippen LogP contribution in [0.5, 0.6) is 0 Å². The summed E-state index contributed by atoms with van der Waals surface area (Å²) in [6.45, 7) is 5.49. The van der Waals surface area contributed by atoms with Crippen molar-refractivity contribution in [2.24, 2.45) is 11.7 Å². The normalized spacial score (nSPS) is 21.2. The molecule has 0 aromatic heterocycles. The summed E-state index contributed by atoms with van der Waals surface area (Å²) in [5.74, 6) is 0.668. The second-order valence-corrected chi connectivity index (χ2v) is 3.52. The smallest absolute Gasteiger partial charge is 0.133 e. The quantitative estimate of drug-likeness (QED) is 0.660. The van der Waals surface area contributed by atoms with Crippen molar-refractivity contribution >= 4 is 5.78 Å². The van der Waals surface area contributed by atoms with Gasteiger partial charge in [0.15, 0.2) is 0 Å². The number of rotatable bonds is 3. The Bertz CT molecular complexity index is 151. The van der Waals surface area contributed by atoms with E-state index >= 15 is 0 Å². The van der Waals surface area contributed by atoms with Crippen LogP contribution in [0.15, 0.2) is 0 Å². The average molecular weight is 170 g/mol. The van der Waals surface area contributed by atoms with Gasteiger partial charge in [-0.25, -0.2) is 0 Å². The highest BCUT2D eigenvalue weighted by molar-refractivity contribution is 5.78. The van der Waals surface area contributed by atoms with Crippen LogP contribution in [0.4, 0.5) is 0 Å². The Morgan fingerprint density at radius 2 is 2.08 bits per heavy atom. The maximum absolute atomic E-state index is 11.0. The van der Waals surface area contributed by atoms with Gasteiger partial charge >= 0.3 is 0 Å². The van der Waals surface area contributed by atoms with Gasteiger partial charge in [0.2, 0.25) is 0 Å². The fourth-order valence-electron chi connectivity index (χ4n) is 1.75. The highest BCUT2D eigenvalue weighted by Gasteiger charge is 2.21. The first-order valence-electron chi connectivity index (χ1n) is 4.67. The predicted octanol–water partition coefficient (Wildman–Crippen LogP) is 0.246. The van der Waals surface area contributed by atoms with Gasteiger partial charge in [-0.15, -0.1) is 0 Å². The number of nitrogens with two attached hydrogens (primary N) is 1. The number of carbonyl (C=O) groups excluding carboxylic acids is 1. The van der Waals surface area contributed by atoms with Gasteiger partial charge in [-0.3, -0.25) is 4.79 Å². The Kier molecular flexibility index (Phi) is 3.69. The summed E-state index contributed by atoms with van der Waals surface area (Å²) < 4.78 is 0. The molecule has 1 fully saturated rings. The molecular weight excluding hydrogens is 152 g/mol. The van der Waals surface area contributed by atoms with E-state index in [1.165, 1.54) is 0 Å². The van der Waals surface area contributed by atoms with Crippen molar-refractivity contribution in [3.8, 4) is 0 Å². The molecule has 0 atom stereocenters. The number of Topliss-reactive ketones (excluding diaryl/α,β-unsaturated/α-hetero) is 1. The third kappa shape index (κ3) is 2.57. The third-order valence-corrected chi connectivity index (χ3v) is 2.61. The van der Waals surface area contributed by atoms with Crippen LogP contribution >= 0.6 is 0 Å². The van der Waals surface area contributed by atoms with Crippen LogP contribution in [-0.2, 0) is 4.79 Å². The van der Waals surface area contributed by atoms with Crippen LogP contribution in [0, 0.1) is 5.92 Å². The number of piperidine rings is 1. The van der Waals surface area contributed by atoms with Gasteiger partial charge in [-0.1, -0.05) is 0 Å². The van der Waals surface area contributed by atoms with Crippen molar-refractivity contribution in [3.05, 3.63) is 0 Å². The zero-order valence-electron chi connectivity index (χ0n) is 7.75. The summed E-state index contributed by atoms with van der Waals surface area (Å²) in [6.07, 6.45) is 2.05. The van der Waals surface area contributed by atoms with Gasteiger partial charge in [0.05, 0.1) is 0 Å². The van der Waals surface area contributed by atoms with Crippen molar-refractivity contribution in [1.82, 2.24) is 4.90 Å². The summed E-state index contributed by atoms with van der Waals surface area (Å²) in [5, 5.41) is 0. The van der Waals surface area contributed by atoms with Crippen molar-refractivity contribution < 1.29 is 4.79 Å². The molecule has 1 aliphatic rings. The zero-order chi connectivity index (χ0) is 8.97. The molecule has 1 aliphatic heterocycles. The SMILES string of the molecule is CC(=O)C1CCN(CCN)CC1. The Morgan fingerprint density at radius 1 is 1.50 bits per heavy atom. The third-order valence-electron chi connectivity index (χ3n) is 2.61. The molecular formula is C9H18N2O. The van der Waals surface area contributed by atoms with Crippen molar-refractivity contribution in [2.75, 3.05) is 26.2 Å². The van der Waals surface area contributed by atoms with Gasteiger partial charge in [-0.05, 0) is 32.9 Å². The predicted molar refractivity (Wildman–Crippen MR) is 48.9 cm³/mol. The second-order valence-electron chi connectivity index (χ2n) is 3.52. The van der Waals surface area contributed by atoms with E-state index in [9.17, 15) is 4.79 Å². The lowest BCUT2D eigenvalue weighted by Crippen LogP contribution is -2.38. The highest BCUT2D eigenvalue weighted by atomic mass is 16.1. The van der Waals surface area contributed by atoms with E-state index in [1.807, 2.05) is 0 Å². The zero-order valence-corrected chi connectivity index (χ0v) is 7.75. The molecule has 3 nitrogen and oxygen atoms in total. The Hall–Kier alpha value is -0.410. The average Bonchev–Trinajstić information content (AvgIpc) is 2.06. The molecule has 0 amide bonds. The summed E-state index contributed by atoms with van der Waals surface area (Å²) >= 11 is 0. The van der Waals surface area contributed by atoms with Crippen LogP contribution in [0.2, 0.25) is 0 Å². The molecule has 0 unspecified atom stereocenters. The molecule has 0 aromatic rings. The topological polar surface area (TPSA) is 46.3 Å². The van der Waals surface area contributed by atoms with E-state index < -0.39 is 0 Å². The fourth-order valence-corrected chi connectivity index (χ4v) is 1.75. The monoisotopic (exact) mass is 170 g/mol. The van der Waals surface area contributed by atoms with E-state index in [0.717, 1.165) is 39.0 Å². The minimum atomic E-state index is 0.319. The van der Waals surface area contributed by atoms with Gasteiger partial charge in [0.1, 0.15) is 5.78 Å². The van der Waals surface area contributed by atoms with Crippen LogP contribution in [0.1, 0.15) is 19.8 Å². The first-order valence-corrected chi connectivity index (χ1v) is 4.67. The standard InChI is InChI=1S/C9H18N2O/c1-8(12)9-2-5-11(6-3-9)7-4-10/h9H,2-7,10H2,1H3. The molecule has 0 aromatic carbocycles. The van der Waals surface area contributed by atoms with E-state index in [-0.39, 0.29) is 0 Å². The Balaban J connectivity index is 2.25. The minimum absolute atomic E-state index is 0.319. The lowest BCUT2D eigenvalue weighted by Gasteiger charge is -2.30. The maximum Gasteiger partial charge on any atom is 0.133 e. The molecule has 0 aliphatic carbocycles. The van der Waals surface area contributed by atoms with Gasteiger partial charge in [0, 0.05) is 19.0 Å². The number of carbonyl (C=O) groups is 1. The molecule has 0 spiro atoms. The van der Waals surface area contributed by atoms with Gasteiger partial charge in [-0.2, -0.15) is 0 Å². The lowest BCUT2D eigenvalue weighted by atomic mass is 9.93. The van der Waals surface area contributed by atoms with Crippen molar-refractivity contribution in [1.29, 1.82) is 0 Å². The first-order chi connectivity index (χ1) is 5.74. The van der Waals surface area contributed by atoms with Crippen LogP contribution in [0.3, 0.4) is 0 Å². The van der Waals surface area contributed by atoms with E-state index in [2.05, 4.69) is 4.90 Å². The summed E-state index contributed by atoms with van der Waals surface area (Å²) in [7, 11) is 0. The molecule has 12 heavy (non-hydrogen) atoms. The number of ketones is 1. The van der Waals surface area contributed by atoms with E-state index in [0.29, 0.717) is 11.7 Å². The second kappa shape index (κ2) is 4.58. The molecule has 1 saturated heterocycles. The maximum atomic E-state index is 11.0. The van der Waals surface area contributed by atoms with Crippen molar-refractivity contribution in [3.63, 3.8) is 0 Å². The summed E-state index contributed by atoms with van der Waals surface area (Å²) in [4.78, 5) is 13.4. The molecule has 1 heterocycles. The highest BCUT2D eigenvalue weighted by Crippen LogP contribution is 2.17. The summed E-state index contributed by atoms with van der Waals surface area (Å²) in [5.41, 5.74) is 5.45. The largest absolute Gasteiger partial charge is 0.329 e. The molecule has 2 N–H and O–H groups in total. The van der Waals surface area contributed by atoms with Crippen LogP contribution in [0.25, 0.3) is 0 Å². The molecule has 0 bridgehead atoms. The van der Waals surface area contributed by atoms with Gasteiger partial charge in [0.25, 0.3) is 0 Å². The fraction of sp³-hybridized carbons (Fsp3) is 0.889. The van der Waals surface area contributed by atoms with Crippen LogP contribution < -0.4 is 5.73 Å². The van der Waals surface area contributed by atoms with Crippen LogP contribution in [-0.4, -0.2) is 36.9 Å². The van der Waals surface area contributed by atoms with E-state index in [1.54, 1.807) is 6.92 Å². The minimum Gasteiger partial charge on any atom is -0.329 e. The molecule has 0 radical (unpaired) electrons. The van der Waals surface area contributed by atoms with Crippen molar-refractivity contribution in [2.45, 2.75) is 19.8 Å². The Labute approximate surface area is 73.9 Å².